The molecule has 0 spiro atoms. The van der Waals surface area contributed by atoms with Crippen LogP contribution in [0.2, 0.25) is 0 Å². The first-order valence-electron chi connectivity index (χ1n) is 6.20. The molecule has 1 aliphatic rings. The third kappa shape index (κ3) is 2.58. The topological polar surface area (TPSA) is 56.5 Å². The van der Waals surface area contributed by atoms with Gasteiger partial charge in [0.2, 0.25) is 0 Å². The molecule has 0 aliphatic heterocycles. The van der Waals surface area contributed by atoms with E-state index in [2.05, 4.69) is 10.1 Å². The average molecular weight is 277 g/mol. The Morgan fingerprint density at radius 3 is 3.11 bits per heavy atom. The molecule has 1 aliphatic carbocycles. The van der Waals surface area contributed by atoms with E-state index in [0.29, 0.717) is 6.42 Å². The second-order valence-corrected chi connectivity index (χ2v) is 5.90. The number of hydrogen-bond acceptors (Lipinski definition) is 5. The number of nitrogens with zero attached hydrogens (tertiary/aromatic N) is 3. The van der Waals surface area contributed by atoms with Gasteiger partial charge >= 0.3 is 5.97 Å². The fourth-order valence-corrected chi connectivity index (χ4v) is 3.37. The molecule has 0 radical (unpaired) electrons. The van der Waals surface area contributed by atoms with Crippen LogP contribution in [0, 0.1) is 5.41 Å². The van der Waals surface area contributed by atoms with Gasteiger partial charge < -0.3 is 4.74 Å². The van der Waals surface area contributed by atoms with Crippen molar-refractivity contribution in [1.29, 1.82) is 0 Å². The lowest BCUT2D eigenvalue weighted by molar-refractivity contribution is -0.141. The summed E-state index contributed by atoms with van der Waals surface area (Å²) in [4.78, 5) is 15.8. The van der Waals surface area contributed by atoms with E-state index in [9.17, 15) is 4.79 Å². The monoisotopic (exact) mass is 277 g/mol. The lowest BCUT2D eigenvalue weighted by Crippen LogP contribution is -2.13. The van der Waals surface area contributed by atoms with Crippen molar-refractivity contribution in [3.05, 3.63) is 24.7 Å². The van der Waals surface area contributed by atoms with Gasteiger partial charge in [-0.25, -0.2) is 9.50 Å². The van der Waals surface area contributed by atoms with Gasteiger partial charge in [-0.3, -0.25) is 4.79 Å². The maximum Gasteiger partial charge on any atom is 0.306 e. The minimum atomic E-state index is -0.117. The number of fused-ring (bicyclic) bond motifs is 1. The number of methoxy groups -OCH3 is 1. The molecular weight excluding hydrogens is 262 g/mol. The van der Waals surface area contributed by atoms with Crippen LogP contribution in [0.5, 0.6) is 0 Å². The van der Waals surface area contributed by atoms with E-state index in [-0.39, 0.29) is 11.4 Å². The smallest absolute Gasteiger partial charge is 0.306 e. The van der Waals surface area contributed by atoms with Crippen molar-refractivity contribution < 1.29 is 9.53 Å². The van der Waals surface area contributed by atoms with Crippen molar-refractivity contribution in [2.75, 3.05) is 12.9 Å². The predicted molar refractivity (Wildman–Crippen MR) is 72.0 cm³/mol. The molecule has 0 aromatic carbocycles. The fraction of sp³-hybridized carbons (Fsp3) is 0.462. The largest absolute Gasteiger partial charge is 0.469 e. The van der Waals surface area contributed by atoms with Crippen LogP contribution in [0.4, 0.5) is 0 Å². The Bertz CT molecular complexity index is 607. The van der Waals surface area contributed by atoms with Gasteiger partial charge in [0.15, 0.2) is 0 Å². The molecule has 0 atom stereocenters. The van der Waals surface area contributed by atoms with Crippen molar-refractivity contribution in [1.82, 2.24) is 14.6 Å². The zero-order chi connectivity index (χ0) is 13.3. The number of esters is 1. The average Bonchev–Trinajstić information content (AvgIpc) is 3.01. The van der Waals surface area contributed by atoms with E-state index < -0.39 is 0 Å². The lowest BCUT2D eigenvalue weighted by Gasteiger charge is -2.12. The summed E-state index contributed by atoms with van der Waals surface area (Å²) >= 11 is 1.70. The fourth-order valence-electron chi connectivity index (χ4n) is 2.09. The standard InChI is InChI=1S/C13H15N3O2S/c1-18-11(17)8-13(3-4-13)9-19-12-10-2-5-15-16(10)7-6-14-12/h2,5-7H,3-4,8-9H2,1H3. The molecule has 2 heterocycles. The highest BCUT2D eigenvalue weighted by atomic mass is 32.2. The number of rotatable bonds is 5. The summed E-state index contributed by atoms with van der Waals surface area (Å²) in [5.41, 5.74) is 1.13. The van der Waals surface area contributed by atoms with Crippen LogP contribution in [-0.2, 0) is 9.53 Å². The summed E-state index contributed by atoms with van der Waals surface area (Å²) in [5.74, 6) is 0.786. The van der Waals surface area contributed by atoms with Crippen LogP contribution in [0.1, 0.15) is 19.3 Å². The second-order valence-electron chi connectivity index (χ2n) is 4.93. The highest BCUT2D eigenvalue weighted by Gasteiger charge is 2.44. The third-order valence-electron chi connectivity index (χ3n) is 3.51. The van der Waals surface area contributed by atoms with Crippen LogP contribution in [0.15, 0.2) is 29.7 Å². The zero-order valence-corrected chi connectivity index (χ0v) is 11.5. The number of carbonyl (C=O) groups excluding carboxylic acids is 1. The molecule has 19 heavy (non-hydrogen) atoms. The van der Waals surface area contributed by atoms with Crippen LogP contribution in [0.25, 0.3) is 5.52 Å². The number of aromatic nitrogens is 3. The molecule has 3 rings (SSSR count). The maximum absolute atomic E-state index is 11.4. The number of carbonyl (C=O) groups is 1. The normalized spacial score (nSPS) is 16.5. The van der Waals surface area contributed by atoms with Gasteiger partial charge in [0.05, 0.1) is 25.2 Å². The number of hydrogen-bond donors (Lipinski definition) is 0. The zero-order valence-electron chi connectivity index (χ0n) is 10.7. The second kappa shape index (κ2) is 4.85. The van der Waals surface area contributed by atoms with Crippen LogP contribution in [-0.4, -0.2) is 33.4 Å². The summed E-state index contributed by atoms with van der Waals surface area (Å²) in [5, 5.41) is 5.16. The highest BCUT2D eigenvalue weighted by molar-refractivity contribution is 7.99. The summed E-state index contributed by atoms with van der Waals surface area (Å²) < 4.78 is 6.57. The molecule has 2 aromatic heterocycles. The van der Waals surface area contributed by atoms with Crippen LogP contribution in [0.3, 0.4) is 0 Å². The number of thioether (sulfide) groups is 1. The van der Waals surface area contributed by atoms with Crippen molar-refractivity contribution in [3.8, 4) is 0 Å². The van der Waals surface area contributed by atoms with Crippen molar-refractivity contribution in [2.45, 2.75) is 24.3 Å². The van der Waals surface area contributed by atoms with Gasteiger partial charge in [-0.05, 0) is 24.3 Å². The first kappa shape index (κ1) is 12.5. The summed E-state index contributed by atoms with van der Waals surface area (Å²) in [7, 11) is 1.44. The van der Waals surface area contributed by atoms with Crippen molar-refractivity contribution >= 4 is 23.2 Å². The molecule has 0 bridgehead atoms. The van der Waals surface area contributed by atoms with Gasteiger partial charge in [0, 0.05) is 18.1 Å². The van der Waals surface area contributed by atoms with Gasteiger partial charge in [0.25, 0.3) is 0 Å². The first-order chi connectivity index (χ1) is 9.22. The molecule has 0 saturated heterocycles. The van der Waals surface area contributed by atoms with Gasteiger partial charge in [0.1, 0.15) is 5.03 Å². The molecule has 0 amide bonds. The van der Waals surface area contributed by atoms with Gasteiger partial charge in [-0.1, -0.05) is 0 Å². The summed E-state index contributed by atoms with van der Waals surface area (Å²) in [6.07, 6.45) is 8.05. The lowest BCUT2D eigenvalue weighted by atomic mass is 10.1. The molecule has 1 fully saturated rings. The van der Waals surface area contributed by atoms with Crippen LogP contribution < -0.4 is 0 Å². The maximum atomic E-state index is 11.4. The minimum absolute atomic E-state index is 0.117. The molecule has 6 heteroatoms. The predicted octanol–water partition coefficient (Wildman–Crippen LogP) is 2.16. The Morgan fingerprint density at radius 1 is 1.53 bits per heavy atom. The molecular formula is C13H15N3O2S. The molecule has 5 nitrogen and oxygen atoms in total. The van der Waals surface area contributed by atoms with Gasteiger partial charge in [-0.2, -0.15) is 5.10 Å². The van der Waals surface area contributed by atoms with E-state index >= 15 is 0 Å². The third-order valence-corrected chi connectivity index (χ3v) is 4.85. The van der Waals surface area contributed by atoms with E-state index in [1.165, 1.54) is 7.11 Å². The quantitative estimate of drug-likeness (QED) is 0.619. The molecule has 0 N–H and O–H groups in total. The molecule has 100 valence electrons. The minimum Gasteiger partial charge on any atom is -0.469 e. The Labute approximate surface area is 115 Å². The molecule has 2 aromatic rings. The summed E-state index contributed by atoms with van der Waals surface area (Å²) in [6, 6.07) is 1.95. The SMILES string of the molecule is COC(=O)CC1(CSc2nccn3nccc23)CC1. The van der Waals surface area contributed by atoms with Gasteiger partial charge in [-0.15, -0.1) is 11.8 Å². The van der Waals surface area contributed by atoms with Crippen molar-refractivity contribution in [3.63, 3.8) is 0 Å². The van der Waals surface area contributed by atoms with Crippen LogP contribution >= 0.6 is 11.8 Å². The first-order valence-corrected chi connectivity index (χ1v) is 7.19. The van der Waals surface area contributed by atoms with E-state index in [1.807, 2.05) is 16.8 Å². The Kier molecular flexibility index (Phi) is 3.18. The Morgan fingerprint density at radius 2 is 2.37 bits per heavy atom. The van der Waals surface area contributed by atoms with E-state index in [1.54, 1.807) is 24.2 Å². The highest BCUT2D eigenvalue weighted by Crippen LogP contribution is 2.52. The van der Waals surface area contributed by atoms with Crippen molar-refractivity contribution in [2.24, 2.45) is 5.41 Å². The van der Waals surface area contributed by atoms with E-state index in [4.69, 9.17) is 4.74 Å². The number of ether oxygens (including phenoxy) is 1. The van der Waals surface area contributed by atoms with E-state index in [0.717, 1.165) is 29.1 Å². The molecule has 1 saturated carbocycles. The Balaban J connectivity index is 1.69. The Hall–Kier alpha value is -1.56. The summed E-state index contributed by atoms with van der Waals surface area (Å²) in [6.45, 7) is 0. The molecule has 0 unspecified atom stereocenters.